The van der Waals surface area contributed by atoms with Crippen LogP contribution in [0.25, 0.3) is 6.08 Å². The Kier molecular flexibility index (Phi) is 6.86. The predicted molar refractivity (Wildman–Crippen MR) is 114 cm³/mol. The summed E-state index contributed by atoms with van der Waals surface area (Å²) in [7, 11) is 0. The Bertz CT molecular complexity index is 953. The molecule has 0 spiro atoms. The smallest absolute Gasteiger partial charge is 0.293 e. The maximum absolute atomic E-state index is 12.4. The molecule has 7 heteroatoms. The van der Waals surface area contributed by atoms with Gasteiger partial charge >= 0.3 is 0 Å². The van der Waals surface area contributed by atoms with Crippen molar-refractivity contribution >= 4 is 40.6 Å². The molecule has 0 radical (unpaired) electrons. The van der Waals surface area contributed by atoms with Crippen LogP contribution in [0.5, 0.6) is 5.75 Å². The largest absolute Gasteiger partial charge is 0.508 e. The molecule has 1 aliphatic rings. The van der Waals surface area contributed by atoms with Crippen LogP contribution in [-0.2, 0) is 9.59 Å². The molecule has 1 saturated heterocycles. The molecule has 2 N–H and O–H groups in total. The zero-order valence-electron chi connectivity index (χ0n) is 15.6. The minimum Gasteiger partial charge on any atom is -0.508 e. The molecular weight excluding hydrogens is 388 g/mol. The van der Waals surface area contributed by atoms with E-state index in [0.717, 1.165) is 17.3 Å². The van der Waals surface area contributed by atoms with Gasteiger partial charge in [0.2, 0.25) is 5.91 Å². The first kappa shape index (κ1) is 20.4. The highest BCUT2D eigenvalue weighted by Gasteiger charge is 2.34. The number of allylic oxidation sites excluding steroid dienone is 2. The van der Waals surface area contributed by atoms with Crippen molar-refractivity contribution in [1.29, 1.82) is 0 Å². The van der Waals surface area contributed by atoms with E-state index in [9.17, 15) is 19.5 Å². The Morgan fingerprint density at radius 3 is 2.52 bits per heavy atom. The molecule has 3 rings (SSSR count). The topological polar surface area (TPSA) is 86.7 Å². The van der Waals surface area contributed by atoms with Crippen LogP contribution in [0.3, 0.4) is 0 Å². The third-order valence-electron chi connectivity index (χ3n) is 4.15. The van der Waals surface area contributed by atoms with Crippen molar-refractivity contribution in [3.05, 3.63) is 77.2 Å². The number of aromatic hydroxyl groups is 1. The van der Waals surface area contributed by atoms with Crippen LogP contribution < -0.4 is 5.32 Å². The van der Waals surface area contributed by atoms with Gasteiger partial charge in [0.25, 0.3) is 11.1 Å². The Morgan fingerprint density at radius 2 is 1.79 bits per heavy atom. The van der Waals surface area contributed by atoms with Gasteiger partial charge in [0, 0.05) is 18.7 Å². The van der Waals surface area contributed by atoms with E-state index < -0.39 is 0 Å². The summed E-state index contributed by atoms with van der Waals surface area (Å²) in [6.07, 6.45) is 5.79. The minimum absolute atomic E-state index is 0.119. The molecule has 3 amide bonds. The summed E-state index contributed by atoms with van der Waals surface area (Å²) in [5.74, 6) is -0.435. The minimum atomic E-state index is -0.336. The SMILES string of the molecule is O=C(CCCN1C(=O)SC(=CC=Cc2ccccc2)C1=O)Nc1ccc(O)cc1. The first-order valence-corrected chi connectivity index (χ1v) is 9.90. The number of benzene rings is 2. The molecule has 2 aromatic carbocycles. The predicted octanol–water partition coefficient (Wildman–Crippen LogP) is 4.40. The second-order valence-electron chi connectivity index (χ2n) is 6.32. The number of carbonyl (C=O) groups excluding carboxylic acids is 3. The lowest BCUT2D eigenvalue weighted by Gasteiger charge is -2.12. The van der Waals surface area contributed by atoms with E-state index in [1.165, 1.54) is 17.0 Å². The standard InChI is InChI=1S/C22H20N2O4S/c25-18-13-11-17(12-14-18)23-20(26)10-5-15-24-21(27)19(29-22(24)28)9-4-8-16-6-2-1-3-7-16/h1-4,6-9,11-14,25H,5,10,15H2,(H,23,26). The summed E-state index contributed by atoms with van der Waals surface area (Å²) < 4.78 is 0. The van der Waals surface area contributed by atoms with Crippen LogP contribution >= 0.6 is 11.8 Å². The maximum Gasteiger partial charge on any atom is 0.293 e. The first-order valence-electron chi connectivity index (χ1n) is 9.09. The number of nitrogens with zero attached hydrogens (tertiary/aromatic N) is 1. The molecule has 1 heterocycles. The lowest BCUT2D eigenvalue weighted by Crippen LogP contribution is -2.29. The third-order valence-corrected chi connectivity index (χ3v) is 5.07. The van der Waals surface area contributed by atoms with Crippen LogP contribution in [0.4, 0.5) is 10.5 Å². The zero-order chi connectivity index (χ0) is 20.6. The number of carbonyl (C=O) groups is 3. The number of phenolic OH excluding ortho intramolecular Hbond substituents is 1. The number of hydrogen-bond acceptors (Lipinski definition) is 5. The zero-order valence-corrected chi connectivity index (χ0v) is 16.4. The Morgan fingerprint density at radius 1 is 1.07 bits per heavy atom. The molecule has 6 nitrogen and oxygen atoms in total. The maximum atomic E-state index is 12.4. The summed E-state index contributed by atoms with van der Waals surface area (Å²) >= 11 is 0.903. The average Bonchev–Trinajstić information content (AvgIpc) is 2.98. The van der Waals surface area contributed by atoms with Gasteiger partial charge in [-0.15, -0.1) is 0 Å². The van der Waals surface area contributed by atoms with Crippen molar-refractivity contribution in [3.63, 3.8) is 0 Å². The molecule has 0 atom stereocenters. The molecule has 1 aliphatic heterocycles. The highest BCUT2D eigenvalue weighted by molar-refractivity contribution is 8.18. The van der Waals surface area contributed by atoms with Gasteiger partial charge in [-0.05, 0) is 54.1 Å². The van der Waals surface area contributed by atoms with Crippen molar-refractivity contribution in [2.24, 2.45) is 0 Å². The number of hydrogen-bond donors (Lipinski definition) is 2. The summed E-state index contributed by atoms with van der Waals surface area (Å²) in [6, 6.07) is 15.8. The molecule has 0 unspecified atom stereocenters. The van der Waals surface area contributed by atoms with Gasteiger partial charge in [0.15, 0.2) is 0 Å². The van der Waals surface area contributed by atoms with Gasteiger partial charge in [-0.3, -0.25) is 19.3 Å². The molecule has 0 saturated carbocycles. The van der Waals surface area contributed by atoms with Gasteiger partial charge in [-0.1, -0.05) is 42.5 Å². The van der Waals surface area contributed by atoms with Crippen molar-refractivity contribution in [1.82, 2.24) is 4.90 Å². The summed E-state index contributed by atoms with van der Waals surface area (Å²) in [5.41, 5.74) is 1.58. The van der Waals surface area contributed by atoms with E-state index in [1.54, 1.807) is 24.3 Å². The molecule has 0 aromatic heterocycles. The third kappa shape index (κ3) is 5.83. The van der Waals surface area contributed by atoms with E-state index in [1.807, 2.05) is 36.4 Å². The normalized spacial score (nSPS) is 15.4. The molecule has 148 valence electrons. The Labute approximate surface area is 172 Å². The van der Waals surface area contributed by atoms with Crippen LogP contribution in [0.15, 0.2) is 71.7 Å². The van der Waals surface area contributed by atoms with Crippen LogP contribution in [0.2, 0.25) is 0 Å². The monoisotopic (exact) mass is 408 g/mol. The molecule has 2 aromatic rings. The number of thioether (sulfide) groups is 1. The fourth-order valence-electron chi connectivity index (χ4n) is 2.68. The number of nitrogens with one attached hydrogen (secondary N) is 1. The van der Waals surface area contributed by atoms with E-state index >= 15 is 0 Å². The lowest BCUT2D eigenvalue weighted by molar-refractivity contribution is -0.123. The van der Waals surface area contributed by atoms with Gasteiger partial charge in [0.05, 0.1) is 4.91 Å². The quantitative estimate of drug-likeness (QED) is 0.524. The Hall–Kier alpha value is -3.32. The van der Waals surface area contributed by atoms with E-state index in [-0.39, 0.29) is 35.8 Å². The number of phenols is 1. The van der Waals surface area contributed by atoms with Crippen molar-refractivity contribution in [2.45, 2.75) is 12.8 Å². The number of imide groups is 1. The van der Waals surface area contributed by atoms with Crippen LogP contribution in [0.1, 0.15) is 18.4 Å². The number of rotatable bonds is 7. The van der Waals surface area contributed by atoms with E-state index in [2.05, 4.69) is 5.32 Å². The average molecular weight is 408 g/mol. The van der Waals surface area contributed by atoms with Gasteiger partial charge < -0.3 is 10.4 Å². The number of amides is 3. The molecule has 1 fully saturated rings. The summed E-state index contributed by atoms with van der Waals surface area (Å²) in [5, 5.41) is 11.6. The van der Waals surface area contributed by atoms with Crippen molar-refractivity contribution in [3.8, 4) is 5.75 Å². The second-order valence-corrected chi connectivity index (χ2v) is 7.32. The molecular formula is C22H20N2O4S. The summed E-state index contributed by atoms with van der Waals surface area (Å²) in [4.78, 5) is 38.0. The number of anilines is 1. The summed E-state index contributed by atoms with van der Waals surface area (Å²) in [6.45, 7) is 0.188. The lowest BCUT2D eigenvalue weighted by atomic mass is 10.2. The highest BCUT2D eigenvalue weighted by Crippen LogP contribution is 2.30. The first-order chi connectivity index (χ1) is 14.0. The highest BCUT2D eigenvalue weighted by atomic mass is 32.2. The van der Waals surface area contributed by atoms with Gasteiger partial charge in [-0.25, -0.2) is 0 Å². The fraction of sp³-hybridized carbons (Fsp3) is 0.136. The fourth-order valence-corrected chi connectivity index (χ4v) is 3.50. The van der Waals surface area contributed by atoms with Crippen molar-refractivity contribution in [2.75, 3.05) is 11.9 Å². The van der Waals surface area contributed by atoms with Crippen LogP contribution in [-0.4, -0.2) is 33.6 Å². The van der Waals surface area contributed by atoms with E-state index in [4.69, 9.17) is 0 Å². The van der Waals surface area contributed by atoms with Gasteiger partial charge in [-0.2, -0.15) is 0 Å². The Balaban J connectivity index is 1.48. The van der Waals surface area contributed by atoms with Gasteiger partial charge in [0.1, 0.15) is 5.75 Å². The second kappa shape index (κ2) is 9.75. The molecule has 0 aliphatic carbocycles. The van der Waals surface area contributed by atoms with E-state index in [0.29, 0.717) is 17.0 Å². The molecule has 0 bridgehead atoms. The van der Waals surface area contributed by atoms with Crippen molar-refractivity contribution < 1.29 is 19.5 Å². The van der Waals surface area contributed by atoms with Crippen LogP contribution in [0, 0.1) is 0 Å². The molecule has 29 heavy (non-hydrogen) atoms.